The van der Waals surface area contributed by atoms with Crippen LogP contribution in [0.2, 0.25) is 0 Å². The lowest BCUT2D eigenvalue weighted by molar-refractivity contribution is 0.0951. The van der Waals surface area contributed by atoms with Crippen molar-refractivity contribution in [3.63, 3.8) is 0 Å². The molecule has 90 valence electrons. The number of thiazole rings is 1. The number of rotatable bonds is 3. The largest absolute Gasteiger partial charge is 0.382 e. The van der Waals surface area contributed by atoms with Gasteiger partial charge in [0.05, 0.1) is 11.6 Å². The minimum absolute atomic E-state index is 0.222. The van der Waals surface area contributed by atoms with Gasteiger partial charge in [0.25, 0.3) is 5.91 Å². The minimum atomic E-state index is -0.222. The van der Waals surface area contributed by atoms with Crippen LogP contribution in [0, 0.1) is 13.8 Å². The van der Waals surface area contributed by atoms with Crippen LogP contribution in [0.15, 0.2) is 6.20 Å². The molecule has 2 heterocycles. The number of hydrogen-bond donors (Lipinski definition) is 3. The van der Waals surface area contributed by atoms with E-state index in [0.717, 1.165) is 9.88 Å². The van der Waals surface area contributed by atoms with Gasteiger partial charge in [-0.15, -0.1) is 11.3 Å². The van der Waals surface area contributed by atoms with Crippen LogP contribution in [0.25, 0.3) is 0 Å². The van der Waals surface area contributed by atoms with Gasteiger partial charge in [0.15, 0.2) is 5.82 Å². The fourth-order valence-corrected chi connectivity index (χ4v) is 2.21. The molecule has 0 aliphatic heterocycles. The van der Waals surface area contributed by atoms with Crippen molar-refractivity contribution >= 4 is 23.1 Å². The lowest BCUT2D eigenvalue weighted by Crippen LogP contribution is -2.23. The zero-order chi connectivity index (χ0) is 12.4. The first-order valence-electron chi connectivity index (χ1n) is 5.08. The zero-order valence-corrected chi connectivity index (χ0v) is 10.4. The van der Waals surface area contributed by atoms with Crippen LogP contribution in [0.5, 0.6) is 0 Å². The normalized spacial score (nSPS) is 10.5. The number of aromatic amines is 1. The van der Waals surface area contributed by atoms with E-state index in [1.807, 2.05) is 6.92 Å². The molecule has 0 saturated heterocycles. The first kappa shape index (κ1) is 11.6. The molecule has 6 nitrogen and oxygen atoms in total. The number of amides is 1. The van der Waals surface area contributed by atoms with Crippen molar-refractivity contribution in [3.8, 4) is 0 Å². The average molecular weight is 251 g/mol. The molecule has 0 unspecified atom stereocenters. The molecule has 0 atom stereocenters. The summed E-state index contributed by atoms with van der Waals surface area (Å²) >= 11 is 1.55. The van der Waals surface area contributed by atoms with Crippen LogP contribution in [0.4, 0.5) is 5.82 Å². The third-order valence-electron chi connectivity index (χ3n) is 2.29. The molecule has 17 heavy (non-hydrogen) atoms. The zero-order valence-electron chi connectivity index (χ0n) is 9.57. The molecule has 1 amide bonds. The highest BCUT2D eigenvalue weighted by atomic mass is 32.1. The number of nitrogens with one attached hydrogen (secondary N) is 2. The highest BCUT2D eigenvalue weighted by Gasteiger charge is 2.15. The molecule has 4 N–H and O–H groups in total. The molecule has 2 aromatic rings. The van der Waals surface area contributed by atoms with E-state index < -0.39 is 0 Å². The average Bonchev–Trinajstić information content (AvgIpc) is 2.83. The van der Waals surface area contributed by atoms with Gasteiger partial charge in [-0.2, -0.15) is 5.10 Å². The van der Waals surface area contributed by atoms with Gasteiger partial charge in [-0.3, -0.25) is 9.89 Å². The summed E-state index contributed by atoms with van der Waals surface area (Å²) in [6.07, 6.45) is 1.76. The van der Waals surface area contributed by atoms with Gasteiger partial charge in [-0.1, -0.05) is 0 Å². The van der Waals surface area contributed by atoms with E-state index in [4.69, 9.17) is 5.73 Å². The van der Waals surface area contributed by atoms with Gasteiger partial charge in [-0.05, 0) is 13.8 Å². The summed E-state index contributed by atoms with van der Waals surface area (Å²) in [6, 6.07) is 0. The number of nitrogens with two attached hydrogens (primary N) is 1. The predicted octanol–water partition coefficient (Wildman–Crippen LogP) is 0.995. The van der Waals surface area contributed by atoms with Crippen molar-refractivity contribution in [2.75, 3.05) is 5.73 Å². The highest BCUT2D eigenvalue weighted by molar-refractivity contribution is 7.11. The van der Waals surface area contributed by atoms with Crippen LogP contribution in [0.1, 0.15) is 25.9 Å². The van der Waals surface area contributed by atoms with E-state index in [-0.39, 0.29) is 11.7 Å². The van der Waals surface area contributed by atoms with Crippen LogP contribution >= 0.6 is 11.3 Å². The van der Waals surface area contributed by atoms with E-state index in [9.17, 15) is 4.79 Å². The number of aromatic nitrogens is 3. The Balaban J connectivity index is 2.03. The Morgan fingerprint density at radius 3 is 2.88 bits per heavy atom. The van der Waals surface area contributed by atoms with Crippen molar-refractivity contribution in [3.05, 3.63) is 27.3 Å². The van der Waals surface area contributed by atoms with Crippen molar-refractivity contribution < 1.29 is 4.79 Å². The van der Waals surface area contributed by atoms with Gasteiger partial charge in [0.2, 0.25) is 0 Å². The Morgan fingerprint density at radius 2 is 2.35 bits per heavy atom. The van der Waals surface area contributed by atoms with Gasteiger partial charge < -0.3 is 11.1 Å². The van der Waals surface area contributed by atoms with E-state index in [1.54, 1.807) is 24.5 Å². The molecular formula is C10H13N5OS. The summed E-state index contributed by atoms with van der Waals surface area (Å²) in [5.74, 6) is 0.000267. The standard InChI is InChI=1S/C10H13N5OS/c1-5-8(9(11)15-14-5)10(16)13-4-7-3-12-6(2)17-7/h3H,4H2,1-2H3,(H,13,16)(H3,11,14,15). The van der Waals surface area contributed by atoms with Crippen LogP contribution in [-0.2, 0) is 6.54 Å². The SMILES string of the molecule is Cc1ncc(CNC(=O)c2c(N)n[nH]c2C)s1. The molecule has 0 aromatic carbocycles. The number of hydrogen-bond acceptors (Lipinski definition) is 5. The molecule has 0 bridgehead atoms. The minimum Gasteiger partial charge on any atom is -0.382 e. The van der Waals surface area contributed by atoms with Crippen molar-refractivity contribution in [2.24, 2.45) is 0 Å². The third kappa shape index (κ3) is 2.44. The monoisotopic (exact) mass is 251 g/mol. The summed E-state index contributed by atoms with van der Waals surface area (Å²) < 4.78 is 0. The number of carbonyl (C=O) groups is 1. The van der Waals surface area contributed by atoms with Crippen LogP contribution in [0.3, 0.4) is 0 Å². The second-order valence-corrected chi connectivity index (χ2v) is 4.96. The fraction of sp³-hybridized carbons (Fsp3) is 0.300. The van der Waals surface area contributed by atoms with Gasteiger partial charge in [-0.25, -0.2) is 4.98 Å². The van der Waals surface area contributed by atoms with E-state index >= 15 is 0 Å². The maximum absolute atomic E-state index is 11.9. The van der Waals surface area contributed by atoms with Gasteiger partial charge >= 0.3 is 0 Å². The molecule has 0 fully saturated rings. The molecule has 0 saturated carbocycles. The molecule has 2 aromatic heterocycles. The van der Waals surface area contributed by atoms with Gasteiger partial charge in [0, 0.05) is 16.8 Å². The molecule has 0 aliphatic rings. The van der Waals surface area contributed by atoms with E-state index in [0.29, 0.717) is 17.8 Å². The first-order chi connectivity index (χ1) is 8.08. The van der Waals surface area contributed by atoms with Crippen molar-refractivity contribution in [1.82, 2.24) is 20.5 Å². The molecular weight excluding hydrogens is 238 g/mol. The second kappa shape index (κ2) is 4.54. The molecule has 7 heteroatoms. The summed E-state index contributed by atoms with van der Waals surface area (Å²) in [7, 11) is 0. The smallest absolute Gasteiger partial charge is 0.257 e. The Labute approximate surface area is 102 Å². The number of nitrogen functional groups attached to an aromatic ring is 1. The maximum Gasteiger partial charge on any atom is 0.257 e. The summed E-state index contributed by atoms with van der Waals surface area (Å²) in [5.41, 5.74) is 6.68. The summed E-state index contributed by atoms with van der Waals surface area (Å²) in [4.78, 5) is 17.0. The fourth-order valence-electron chi connectivity index (χ4n) is 1.48. The van der Waals surface area contributed by atoms with Crippen molar-refractivity contribution in [2.45, 2.75) is 20.4 Å². The number of anilines is 1. The van der Waals surface area contributed by atoms with Crippen LogP contribution < -0.4 is 11.1 Å². The van der Waals surface area contributed by atoms with Gasteiger partial charge in [0.1, 0.15) is 5.56 Å². The molecule has 0 aliphatic carbocycles. The second-order valence-electron chi connectivity index (χ2n) is 3.64. The first-order valence-corrected chi connectivity index (χ1v) is 5.89. The highest BCUT2D eigenvalue weighted by Crippen LogP contribution is 2.14. The Hall–Kier alpha value is -1.89. The van der Waals surface area contributed by atoms with E-state index in [1.165, 1.54) is 0 Å². The number of H-pyrrole nitrogens is 1. The Bertz CT molecular complexity index is 525. The number of aryl methyl sites for hydroxylation is 2. The number of carbonyl (C=O) groups excluding carboxylic acids is 1. The summed E-state index contributed by atoms with van der Waals surface area (Å²) in [6.45, 7) is 4.14. The van der Waals surface area contributed by atoms with Crippen LogP contribution in [-0.4, -0.2) is 21.1 Å². The topological polar surface area (TPSA) is 96.7 Å². The van der Waals surface area contributed by atoms with Crippen molar-refractivity contribution in [1.29, 1.82) is 0 Å². The lowest BCUT2D eigenvalue weighted by Gasteiger charge is -2.02. The molecule has 2 rings (SSSR count). The quantitative estimate of drug-likeness (QED) is 0.758. The lowest BCUT2D eigenvalue weighted by atomic mass is 10.2. The van der Waals surface area contributed by atoms with E-state index in [2.05, 4.69) is 20.5 Å². The predicted molar refractivity (Wildman–Crippen MR) is 65.8 cm³/mol. The number of nitrogens with zero attached hydrogens (tertiary/aromatic N) is 2. The Kier molecular flexibility index (Phi) is 3.10. The third-order valence-corrected chi connectivity index (χ3v) is 3.21. The summed E-state index contributed by atoms with van der Waals surface area (Å²) in [5, 5.41) is 10.2. The molecule has 0 radical (unpaired) electrons. The molecule has 0 spiro atoms. The maximum atomic E-state index is 11.9. The Morgan fingerprint density at radius 1 is 1.59 bits per heavy atom.